The summed E-state index contributed by atoms with van der Waals surface area (Å²) in [6.45, 7) is 1.87. The van der Waals surface area contributed by atoms with Gasteiger partial charge in [-0.3, -0.25) is 10.3 Å². The SMILES string of the molecule is Cc1cc(NC(=O)Nc2ccc(Oc3ccnc4[nH]c(=O)[nH]c34)c3ccccc23)n(-c2ccccc2)n1. The van der Waals surface area contributed by atoms with Gasteiger partial charge in [0.1, 0.15) is 17.1 Å². The average Bonchev–Trinajstić information content (AvgIpc) is 3.47. The highest BCUT2D eigenvalue weighted by Gasteiger charge is 2.15. The van der Waals surface area contributed by atoms with Gasteiger partial charge in [-0.15, -0.1) is 0 Å². The molecule has 0 bridgehead atoms. The Bertz CT molecular complexity index is 1820. The number of urea groups is 1. The highest BCUT2D eigenvalue weighted by atomic mass is 16.5. The molecule has 182 valence electrons. The van der Waals surface area contributed by atoms with Crippen molar-refractivity contribution in [3.8, 4) is 17.2 Å². The molecule has 3 heterocycles. The van der Waals surface area contributed by atoms with E-state index in [4.69, 9.17) is 4.74 Å². The van der Waals surface area contributed by atoms with E-state index >= 15 is 0 Å². The minimum atomic E-state index is -0.406. The predicted molar refractivity (Wildman–Crippen MR) is 142 cm³/mol. The number of aromatic amines is 2. The van der Waals surface area contributed by atoms with E-state index in [2.05, 4.69) is 30.7 Å². The quantitative estimate of drug-likeness (QED) is 0.259. The third-order valence-corrected chi connectivity index (χ3v) is 5.81. The normalized spacial score (nSPS) is 11.1. The summed E-state index contributed by atoms with van der Waals surface area (Å²) in [6.07, 6.45) is 1.56. The number of anilines is 2. The highest BCUT2D eigenvalue weighted by Crippen LogP contribution is 2.35. The lowest BCUT2D eigenvalue weighted by atomic mass is 10.1. The van der Waals surface area contributed by atoms with Gasteiger partial charge in [0.05, 0.1) is 17.1 Å². The first-order chi connectivity index (χ1) is 18.0. The number of rotatable bonds is 5. The molecule has 6 rings (SSSR count). The second-order valence-electron chi connectivity index (χ2n) is 8.37. The molecule has 4 N–H and O–H groups in total. The molecule has 0 saturated carbocycles. The van der Waals surface area contributed by atoms with Gasteiger partial charge in [0.25, 0.3) is 0 Å². The number of pyridine rings is 1. The summed E-state index contributed by atoms with van der Waals surface area (Å²) in [6, 6.07) is 23.8. The molecule has 0 atom stereocenters. The van der Waals surface area contributed by atoms with Crippen LogP contribution < -0.4 is 21.1 Å². The van der Waals surface area contributed by atoms with Gasteiger partial charge in [-0.05, 0) is 31.2 Å². The summed E-state index contributed by atoms with van der Waals surface area (Å²) in [5.74, 6) is 1.57. The molecule has 0 unspecified atom stereocenters. The third kappa shape index (κ3) is 4.27. The number of imidazole rings is 1. The van der Waals surface area contributed by atoms with Gasteiger partial charge in [0.15, 0.2) is 11.4 Å². The maximum atomic E-state index is 13.0. The van der Waals surface area contributed by atoms with Gasteiger partial charge < -0.3 is 15.0 Å². The maximum Gasteiger partial charge on any atom is 0.325 e. The number of carbonyl (C=O) groups excluding carboxylic acids is 1. The smallest absolute Gasteiger partial charge is 0.325 e. The van der Waals surface area contributed by atoms with E-state index < -0.39 is 6.03 Å². The highest BCUT2D eigenvalue weighted by molar-refractivity contribution is 6.07. The van der Waals surface area contributed by atoms with Crippen molar-refractivity contribution in [1.82, 2.24) is 24.7 Å². The summed E-state index contributed by atoms with van der Waals surface area (Å²) in [5, 5.41) is 11.9. The fraction of sp³-hybridized carbons (Fsp3) is 0.0370. The van der Waals surface area contributed by atoms with Crippen molar-refractivity contribution >= 4 is 39.5 Å². The molecule has 0 spiro atoms. The molecule has 0 aliphatic rings. The van der Waals surface area contributed by atoms with Crippen molar-refractivity contribution in [3.63, 3.8) is 0 Å². The molecule has 3 aromatic heterocycles. The first kappa shape index (κ1) is 22.1. The Morgan fingerprint density at radius 3 is 2.51 bits per heavy atom. The molecule has 0 radical (unpaired) electrons. The number of nitrogens with zero attached hydrogens (tertiary/aromatic N) is 3. The lowest BCUT2D eigenvalue weighted by molar-refractivity contribution is 0.262. The maximum absolute atomic E-state index is 13.0. The number of aromatic nitrogens is 5. The summed E-state index contributed by atoms with van der Waals surface area (Å²) >= 11 is 0. The number of hydrogen-bond acceptors (Lipinski definition) is 5. The lowest BCUT2D eigenvalue weighted by Crippen LogP contribution is -2.21. The van der Waals surface area contributed by atoms with Crippen LogP contribution in [0.5, 0.6) is 11.5 Å². The molecule has 37 heavy (non-hydrogen) atoms. The number of hydrogen-bond donors (Lipinski definition) is 4. The number of para-hydroxylation sites is 1. The third-order valence-electron chi connectivity index (χ3n) is 5.81. The lowest BCUT2D eigenvalue weighted by Gasteiger charge is -2.14. The van der Waals surface area contributed by atoms with Crippen LogP contribution in [0.3, 0.4) is 0 Å². The predicted octanol–water partition coefficient (Wildman–Crippen LogP) is 5.33. The largest absolute Gasteiger partial charge is 0.454 e. The van der Waals surface area contributed by atoms with Crippen LogP contribution in [0.2, 0.25) is 0 Å². The first-order valence-electron chi connectivity index (χ1n) is 11.5. The van der Waals surface area contributed by atoms with Crippen molar-refractivity contribution in [2.75, 3.05) is 10.6 Å². The number of benzene rings is 3. The Hall–Kier alpha value is -5.38. The zero-order chi connectivity index (χ0) is 25.4. The zero-order valence-electron chi connectivity index (χ0n) is 19.6. The summed E-state index contributed by atoms with van der Waals surface area (Å²) in [4.78, 5) is 34.2. The Morgan fingerprint density at radius 2 is 1.68 bits per heavy atom. The minimum absolute atomic E-state index is 0.363. The van der Waals surface area contributed by atoms with Crippen LogP contribution in [-0.4, -0.2) is 30.8 Å². The van der Waals surface area contributed by atoms with Crippen LogP contribution >= 0.6 is 0 Å². The molecule has 10 nitrogen and oxygen atoms in total. The average molecular weight is 492 g/mol. The standard InChI is InChI=1S/C27H21N7O3/c1-16-15-23(34(33-16)17-7-3-2-4-8-17)30-26(35)29-20-11-12-21(19-10-6-5-9-18(19)20)37-22-13-14-28-25-24(22)31-27(36)32-25/h2-15H,1H3,(H2,29,30,35)(H2,28,31,32,36). The molecule has 0 aliphatic carbocycles. The minimum Gasteiger partial charge on any atom is -0.454 e. The number of fused-ring (bicyclic) bond motifs is 2. The fourth-order valence-electron chi connectivity index (χ4n) is 4.21. The van der Waals surface area contributed by atoms with Crippen LogP contribution in [0.15, 0.2) is 89.9 Å². The van der Waals surface area contributed by atoms with Crippen molar-refractivity contribution in [1.29, 1.82) is 0 Å². The van der Waals surface area contributed by atoms with Crippen molar-refractivity contribution in [3.05, 3.63) is 101 Å². The van der Waals surface area contributed by atoms with E-state index in [0.29, 0.717) is 34.2 Å². The summed E-state index contributed by atoms with van der Waals surface area (Å²) in [5.41, 5.74) is 2.75. The van der Waals surface area contributed by atoms with Crippen LogP contribution in [0, 0.1) is 6.92 Å². The van der Waals surface area contributed by atoms with E-state index in [-0.39, 0.29) is 5.69 Å². The van der Waals surface area contributed by atoms with Gasteiger partial charge in [-0.1, -0.05) is 42.5 Å². The number of amides is 2. The molecule has 0 aliphatic heterocycles. The molecule has 0 saturated heterocycles. The number of nitrogens with one attached hydrogen (secondary N) is 4. The Balaban J connectivity index is 1.29. The molecular weight excluding hydrogens is 470 g/mol. The molecular formula is C27H21N7O3. The molecule has 6 aromatic rings. The van der Waals surface area contributed by atoms with E-state index in [9.17, 15) is 9.59 Å². The monoisotopic (exact) mass is 491 g/mol. The van der Waals surface area contributed by atoms with Gasteiger partial charge >= 0.3 is 11.7 Å². The van der Waals surface area contributed by atoms with Crippen molar-refractivity contribution < 1.29 is 9.53 Å². The van der Waals surface area contributed by atoms with Crippen LogP contribution in [0.25, 0.3) is 27.6 Å². The Kier molecular flexibility index (Phi) is 5.38. The van der Waals surface area contributed by atoms with E-state index in [1.54, 1.807) is 29.1 Å². The van der Waals surface area contributed by atoms with Gasteiger partial charge in [0.2, 0.25) is 0 Å². The number of H-pyrrole nitrogens is 2. The van der Waals surface area contributed by atoms with Gasteiger partial charge in [0, 0.05) is 29.1 Å². The van der Waals surface area contributed by atoms with E-state index in [0.717, 1.165) is 22.2 Å². The number of ether oxygens (including phenoxy) is 1. The number of aryl methyl sites for hydroxylation is 1. The Labute approximate surface area is 209 Å². The fourth-order valence-corrected chi connectivity index (χ4v) is 4.21. The van der Waals surface area contributed by atoms with E-state index in [1.165, 1.54) is 0 Å². The molecule has 10 heteroatoms. The van der Waals surface area contributed by atoms with Crippen molar-refractivity contribution in [2.24, 2.45) is 0 Å². The van der Waals surface area contributed by atoms with Crippen molar-refractivity contribution in [2.45, 2.75) is 6.92 Å². The second-order valence-corrected chi connectivity index (χ2v) is 8.37. The Morgan fingerprint density at radius 1 is 0.892 bits per heavy atom. The molecule has 3 aromatic carbocycles. The van der Waals surface area contributed by atoms with Crippen LogP contribution in [-0.2, 0) is 0 Å². The van der Waals surface area contributed by atoms with Crippen LogP contribution in [0.4, 0.5) is 16.3 Å². The number of carbonyl (C=O) groups is 1. The van der Waals surface area contributed by atoms with E-state index in [1.807, 2.05) is 67.6 Å². The van der Waals surface area contributed by atoms with Crippen LogP contribution in [0.1, 0.15) is 5.69 Å². The second kappa shape index (κ2) is 9.00. The molecule has 2 amide bonds. The topological polar surface area (TPSA) is 130 Å². The first-order valence-corrected chi connectivity index (χ1v) is 11.5. The van der Waals surface area contributed by atoms with Gasteiger partial charge in [-0.25, -0.2) is 19.3 Å². The summed E-state index contributed by atoms with van der Waals surface area (Å²) in [7, 11) is 0. The summed E-state index contributed by atoms with van der Waals surface area (Å²) < 4.78 is 7.86. The molecule has 0 fully saturated rings. The van der Waals surface area contributed by atoms with Gasteiger partial charge in [-0.2, -0.15) is 5.10 Å². The zero-order valence-corrected chi connectivity index (χ0v) is 19.6.